The third-order valence-corrected chi connectivity index (χ3v) is 2.48. The Balaban J connectivity index is 2.71. The molecule has 0 aromatic carbocycles. The van der Waals surface area contributed by atoms with E-state index in [9.17, 15) is 0 Å². The molecule has 2 rings (SSSR count). The van der Waals surface area contributed by atoms with Crippen LogP contribution in [0.1, 0.15) is 11.5 Å². The number of alkyl halides is 1. The standard InChI is InChI=1S/C10H11ClN2O/c1-7-12-9(6-11)10-5-8(14-2)3-4-13(7)10/h3-5H,6H2,1-2H3. The summed E-state index contributed by atoms with van der Waals surface area (Å²) < 4.78 is 7.15. The number of hydrogen-bond donors (Lipinski definition) is 0. The number of rotatable bonds is 2. The fourth-order valence-electron chi connectivity index (χ4n) is 1.52. The number of nitrogens with zero attached hydrogens (tertiary/aromatic N) is 2. The largest absolute Gasteiger partial charge is 0.497 e. The minimum absolute atomic E-state index is 0.421. The monoisotopic (exact) mass is 210 g/mol. The zero-order valence-corrected chi connectivity index (χ0v) is 8.88. The van der Waals surface area contributed by atoms with E-state index in [1.165, 1.54) is 0 Å². The van der Waals surface area contributed by atoms with Gasteiger partial charge in [0.15, 0.2) is 0 Å². The predicted octanol–water partition coefficient (Wildman–Crippen LogP) is 2.39. The fraction of sp³-hybridized carbons (Fsp3) is 0.300. The van der Waals surface area contributed by atoms with Crippen LogP contribution in [0, 0.1) is 6.92 Å². The predicted molar refractivity (Wildman–Crippen MR) is 56.0 cm³/mol. The van der Waals surface area contributed by atoms with Crippen LogP contribution < -0.4 is 4.74 Å². The first-order chi connectivity index (χ1) is 6.76. The minimum Gasteiger partial charge on any atom is -0.497 e. The third-order valence-electron chi connectivity index (χ3n) is 2.23. The molecule has 2 aromatic heterocycles. The quantitative estimate of drug-likeness (QED) is 0.712. The van der Waals surface area contributed by atoms with E-state index in [1.54, 1.807) is 7.11 Å². The molecular formula is C10H11ClN2O. The Bertz CT molecular complexity index is 464. The second kappa shape index (κ2) is 3.50. The number of methoxy groups -OCH3 is 1. The molecule has 0 aliphatic heterocycles. The average Bonchev–Trinajstić information content (AvgIpc) is 2.55. The Morgan fingerprint density at radius 3 is 3.00 bits per heavy atom. The summed E-state index contributed by atoms with van der Waals surface area (Å²) in [6, 6.07) is 3.84. The van der Waals surface area contributed by atoms with Crippen LogP contribution in [-0.2, 0) is 5.88 Å². The molecule has 0 N–H and O–H groups in total. The number of pyridine rings is 1. The molecule has 0 radical (unpaired) electrons. The first kappa shape index (κ1) is 9.34. The van der Waals surface area contributed by atoms with Crippen LogP contribution >= 0.6 is 11.6 Å². The van der Waals surface area contributed by atoms with Gasteiger partial charge >= 0.3 is 0 Å². The number of aromatic nitrogens is 2. The summed E-state index contributed by atoms with van der Waals surface area (Å²) >= 11 is 5.80. The highest BCUT2D eigenvalue weighted by Gasteiger charge is 2.07. The molecule has 0 aliphatic rings. The van der Waals surface area contributed by atoms with Crippen molar-refractivity contribution in [1.82, 2.24) is 9.38 Å². The Labute approximate surface area is 87.3 Å². The van der Waals surface area contributed by atoms with Crippen LogP contribution in [0.15, 0.2) is 18.3 Å². The van der Waals surface area contributed by atoms with E-state index < -0.39 is 0 Å². The Hall–Kier alpha value is -1.22. The highest BCUT2D eigenvalue weighted by molar-refractivity contribution is 6.17. The maximum atomic E-state index is 5.80. The molecule has 0 saturated carbocycles. The molecule has 0 fully saturated rings. The molecule has 2 heterocycles. The highest BCUT2D eigenvalue weighted by atomic mass is 35.5. The van der Waals surface area contributed by atoms with E-state index >= 15 is 0 Å². The normalized spacial score (nSPS) is 10.8. The molecule has 3 nitrogen and oxygen atoms in total. The lowest BCUT2D eigenvalue weighted by Gasteiger charge is -2.01. The lowest BCUT2D eigenvalue weighted by molar-refractivity contribution is 0.414. The second-order valence-electron chi connectivity index (χ2n) is 3.06. The van der Waals surface area contributed by atoms with Gasteiger partial charge in [-0.05, 0) is 13.0 Å². The zero-order valence-electron chi connectivity index (χ0n) is 8.12. The van der Waals surface area contributed by atoms with E-state index in [0.717, 1.165) is 22.8 Å². The van der Waals surface area contributed by atoms with E-state index in [1.807, 2.05) is 29.7 Å². The van der Waals surface area contributed by atoms with Crippen molar-refractivity contribution < 1.29 is 4.74 Å². The van der Waals surface area contributed by atoms with E-state index in [2.05, 4.69) is 4.98 Å². The van der Waals surface area contributed by atoms with Gasteiger partial charge in [-0.2, -0.15) is 0 Å². The van der Waals surface area contributed by atoms with Crippen molar-refractivity contribution in [2.75, 3.05) is 7.11 Å². The van der Waals surface area contributed by atoms with Crippen molar-refractivity contribution in [3.05, 3.63) is 29.8 Å². The molecule has 4 heteroatoms. The summed E-state index contributed by atoms with van der Waals surface area (Å²) in [5.41, 5.74) is 1.90. The molecule has 0 aliphatic carbocycles. The third kappa shape index (κ3) is 1.34. The van der Waals surface area contributed by atoms with Gasteiger partial charge < -0.3 is 9.14 Å². The van der Waals surface area contributed by atoms with Crippen LogP contribution in [0.25, 0.3) is 5.52 Å². The molecule has 14 heavy (non-hydrogen) atoms. The van der Waals surface area contributed by atoms with E-state index in [0.29, 0.717) is 5.88 Å². The molecule has 0 spiro atoms. The Morgan fingerprint density at radius 1 is 1.57 bits per heavy atom. The number of aryl methyl sites for hydroxylation is 1. The van der Waals surface area contributed by atoms with Crippen molar-refractivity contribution in [1.29, 1.82) is 0 Å². The van der Waals surface area contributed by atoms with E-state index in [4.69, 9.17) is 16.3 Å². The molecule has 2 aromatic rings. The summed E-state index contributed by atoms with van der Waals surface area (Å²) in [4.78, 5) is 4.36. The van der Waals surface area contributed by atoms with Crippen molar-refractivity contribution in [3.8, 4) is 5.75 Å². The number of halogens is 1. The van der Waals surface area contributed by atoms with Crippen LogP contribution in [0.4, 0.5) is 0 Å². The van der Waals surface area contributed by atoms with Gasteiger partial charge in [-0.15, -0.1) is 11.6 Å². The van der Waals surface area contributed by atoms with Crippen molar-refractivity contribution in [2.24, 2.45) is 0 Å². The molecule has 0 saturated heterocycles. The van der Waals surface area contributed by atoms with Gasteiger partial charge in [0.05, 0.1) is 24.2 Å². The number of fused-ring (bicyclic) bond motifs is 1. The maximum Gasteiger partial charge on any atom is 0.122 e. The zero-order chi connectivity index (χ0) is 10.1. The summed E-state index contributed by atoms with van der Waals surface area (Å²) in [6.45, 7) is 1.95. The van der Waals surface area contributed by atoms with Crippen molar-refractivity contribution >= 4 is 17.1 Å². The molecule has 0 bridgehead atoms. The molecular weight excluding hydrogens is 200 g/mol. The van der Waals surface area contributed by atoms with Gasteiger partial charge in [-0.25, -0.2) is 4.98 Å². The SMILES string of the molecule is COc1ccn2c(C)nc(CCl)c2c1. The average molecular weight is 211 g/mol. The fourth-order valence-corrected chi connectivity index (χ4v) is 1.71. The second-order valence-corrected chi connectivity index (χ2v) is 3.33. The number of hydrogen-bond acceptors (Lipinski definition) is 2. The van der Waals surface area contributed by atoms with Gasteiger partial charge in [0.1, 0.15) is 11.6 Å². The summed E-state index contributed by atoms with van der Waals surface area (Å²) in [7, 11) is 1.65. The summed E-state index contributed by atoms with van der Waals surface area (Å²) in [5, 5.41) is 0. The molecule has 0 atom stereocenters. The maximum absolute atomic E-state index is 5.80. The summed E-state index contributed by atoms with van der Waals surface area (Å²) in [6.07, 6.45) is 1.94. The Morgan fingerprint density at radius 2 is 2.36 bits per heavy atom. The van der Waals surface area contributed by atoms with Gasteiger partial charge in [0, 0.05) is 12.3 Å². The van der Waals surface area contributed by atoms with Crippen molar-refractivity contribution in [3.63, 3.8) is 0 Å². The summed E-state index contributed by atoms with van der Waals surface area (Å²) in [5.74, 6) is 2.19. The van der Waals surface area contributed by atoms with Crippen LogP contribution in [0.3, 0.4) is 0 Å². The van der Waals surface area contributed by atoms with Gasteiger partial charge in [-0.1, -0.05) is 0 Å². The van der Waals surface area contributed by atoms with E-state index in [-0.39, 0.29) is 0 Å². The molecule has 0 unspecified atom stereocenters. The van der Waals surface area contributed by atoms with Crippen LogP contribution in [0.2, 0.25) is 0 Å². The van der Waals surface area contributed by atoms with Crippen LogP contribution in [-0.4, -0.2) is 16.5 Å². The van der Waals surface area contributed by atoms with Gasteiger partial charge in [0.2, 0.25) is 0 Å². The topological polar surface area (TPSA) is 26.5 Å². The highest BCUT2D eigenvalue weighted by Crippen LogP contribution is 2.20. The first-order valence-electron chi connectivity index (χ1n) is 4.34. The number of imidazole rings is 1. The Kier molecular flexibility index (Phi) is 2.33. The minimum atomic E-state index is 0.421. The lowest BCUT2D eigenvalue weighted by atomic mass is 10.3. The first-order valence-corrected chi connectivity index (χ1v) is 4.87. The van der Waals surface area contributed by atoms with Gasteiger partial charge in [-0.3, -0.25) is 0 Å². The van der Waals surface area contributed by atoms with Crippen LogP contribution in [0.5, 0.6) is 5.75 Å². The molecule has 74 valence electrons. The lowest BCUT2D eigenvalue weighted by Crippen LogP contribution is -1.89. The smallest absolute Gasteiger partial charge is 0.122 e. The molecule has 0 amide bonds. The van der Waals surface area contributed by atoms with Gasteiger partial charge in [0.25, 0.3) is 0 Å². The number of ether oxygens (including phenoxy) is 1. The van der Waals surface area contributed by atoms with Crippen molar-refractivity contribution in [2.45, 2.75) is 12.8 Å².